The first-order valence-electron chi connectivity index (χ1n) is 13.5. The molecule has 4 heteroatoms. The van der Waals surface area contributed by atoms with Crippen molar-refractivity contribution in [3.63, 3.8) is 0 Å². The van der Waals surface area contributed by atoms with E-state index in [9.17, 15) is 15.0 Å². The highest BCUT2D eigenvalue weighted by Crippen LogP contribution is 2.57. The zero-order valence-corrected chi connectivity index (χ0v) is 23.0. The molecular formula is C31H47NO3. The van der Waals surface area contributed by atoms with Crippen molar-refractivity contribution in [2.24, 2.45) is 17.3 Å². The lowest BCUT2D eigenvalue weighted by Crippen LogP contribution is -2.44. The minimum absolute atomic E-state index is 0.118. The fourth-order valence-electron chi connectivity index (χ4n) is 6.91. The molecule has 1 fully saturated rings. The predicted octanol–water partition coefficient (Wildman–Crippen LogP) is 6.43. The number of rotatable bonds is 9. The van der Waals surface area contributed by atoms with Crippen LogP contribution >= 0.6 is 0 Å². The Labute approximate surface area is 213 Å². The number of carbonyl (C=O) groups is 1. The molecule has 0 saturated heterocycles. The number of hydrogen-bond acceptors (Lipinski definition) is 4. The molecule has 0 unspecified atom stereocenters. The van der Waals surface area contributed by atoms with E-state index in [2.05, 4.69) is 77.9 Å². The molecule has 0 aliphatic heterocycles. The van der Waals surface area contributed by atoms with Gasteiger partial charge in [0.1, 0.15) is 0 Å². The molecule has 2 aliphatic carbocycles. The number of aliphatic hydroxyl groups excluding tert-OH is 1. The third kappa shape index (κ3) is 5.44. The molecule has 0 heterocycles. The molecule has 35 heavy (non-hydrogen) atoms. The van der Waals surface area contributed by atoms with Crippen molar-refractivity contribution in [2.75, 3.05) is 25.6 Å². The standard InChI is InChI=1S/C31H47NO3/c1-8-23-20-26(34)14-15-27(23)29(21(2)24-10-12-25(13-11-24)32(6)7)22(3)28-16-18-31(35,17-9-19-33)30(28,4)5/h10-13,20-22,28,33,35H,8-9,14-19H2,1-7H3/b29-27-/t21-,22+,28+,31-/m1/s1. The molecule has 194 valence electrons. The van der Waals surface area contributed by atoms with Crippen LogP contribution in [0.2, 0.25) is 0 Å². The fourth-order valence-corrected chi connectivity index (χ4v) is 6.91. The highest BCUT2D eigenvalue weighted by molar-refractivity contribution is 5.93. The summed E-state index contributed by atoms with van der Waals surface area (Å²) >= 11 is 0. The molecule has 2 N–H and O–H groups in total. The Morgan fingerprint density at radius 1 is 1.14 bits per heavy atom. The van der Waals surface area contributed by atoms with Crippen LogP contribution in [0.4, 0.5) is 5.69 Å². The summed E-state index contributed by atoms with van der Waals surface area (Å²) in [7, 11) is 4.12. The van der Waals surface area contributed by atoms with Gasteiger partial charge in [-0.2, -0.15) is 0 Å². The van der Waals surface area contributed by atoms with E-state index in [0.717, 1.165) is 25.7 Å². The number of ketones is 1. The van der Waals surface area contributed by atoms with Crippen molar-refractivity contribution in [1.82, 2.24) is 0 Å². The lowest BCUT2D eigenvalue weighted by atomic mass is 9.63. The largest absolute Gasteiger partial charge is 0.396 e. The zero-order chi connectivity index (χ0) is 26.0. The molecule has 4 atom stereocenters. The minimum Gasteiger partial charge on any atom is -0.396 e. The number of aliphatic hydroxyl groups is 2. The highest BCUT2D eigenvalue weighted by atomic mass is 16.3. The minimum atomic E-state index is -0.757. The maximum absolute atomic E-state index is 12.3. The van der Waals surface area contributed by atoms with E-state index in [1.54, 1.807) is 0 Å². The normalized spacial score (nSPS) is 27.4. The Morgan fingerprint density at radius 3 is 2.37 bits per heavy atom. The van der Waals surface area contributed by atoms with E-state index in [1.807, 2.05) is 6.08 Å². The predicted molar refractivity (Wildman–Crippen MR) is 146 cm³/mol. The first-order chi connectivity index (χ1) is 16.5. The van der Waals surface area contributed by atoms with Crippen LogP contribution in [0.15, 0.2) is 47.1 Å². The summed E-state index contributed by atoms with van der Waals surface area (Å²) in [6.45, 7) is 11.4. The van der Waals surface area contributed by atoms with Crippen molar-refractivity contribution in [1.29, 1.82) is 0 Å². The third-order valence-corrected chi connectivity index (χ3v) is 9.29. The topological polar surface area (TPSA) is 60.8 Å². The average molecular weight is 482 g/mol. The summed E-state index contributed by atoms with van der Waals surface area (Å²) in [5, 5.41) is 21.1. The molecule has 1 aromatic rings. The molecule has 0 amide bonds. The van der Waals surface area contributed by atoms with Crippen LogP contribution < -0.4 is 4.90 Å². The molecule has 0 spiro atoms. The lowest BCUT2D eigenvalue weighted by molar-refractivity contribution is -0.114. The quantitative estimate of drug-likeness (QED) is 0.427. The summed E-state index contributed by atoms with van der Waals surface area (Å²) in [6.07, 6.45) is 7.15. The van der Waals surface area contributed by atoms with Crippen molar-refractivity contribution in [2.45, 2.75) is 91.1 Å². The van der Waals surface area contributed by atoms with Gasteiger partial charge in [0, 0.05) is 38.7 Å². The van der Waals surface area contributed by atoms with Crippen LogP contribution in [0.3, 0.4) is 0 Å². The van der Waals surface area contributed by atoms with Gasteiger partial charge in [0.05, 0.1) is 5.60 Å². The van der Waals surface area contributed by atoms with Crippen LogP contribution in [-0.4, -0.2) is 42.3 Å². The smallest absolute Gasteiger partial charge is 0.156 e. The maximum atomic E-state index is 12.3. The lowest BCUT2D eigenvalue weighted by Gasteiger charge is -2.44. The molecule has 0 bridgehead atoms. The van der Waals surface area contributed by atoms with Gasteiger partial charge in [-0.1, -0.05) is 52.3 Å². The van der Waals surface area contributed by atoms with E-state index in [-0.39, 0.29) is 29.6 Å². The van der Waals surface area contributed by atoms with Gasteiger partial charge in [-0.05, 0) is 90.7 Å². The second-order valence-corrected chi connectivity index (χ2v) is 11.6. The molecule has 0 aromatic heterocycles. The van der Waals surface area contributed by atoms with Gasteiger partial charge in [-0.3, -0.25) is 4.79 Å². The highest BCUT2D eigenvalue weighted by Gasteiger charge is 2.55. The first kappa shape index (κ1) is 27.7. The van der Waals surface area contributed by atoms with Crippen LogP contribution in [0.25, 0.3) is 0 Å². The van der Waals surface area contributed by atoms with E-state index >= 15 is 0 Å². The summed E-state index contributed by atoms with van der Waals surface area (Å²) < 4.78 is 0. The second-order valence-electron chi connectivity index (χ2n) is 11.6. The fraction of sp³-hybridized carbons (Fsp3) is 0.645. The van der Waals surface area contributed by atoms with Crippen LogP contribution in [-0.2, 0) is 4.79 Å². The Bertz CT molecular complexity index is 956. The van der Waals surface area contributed by atoms with Crippen molar-refractivity contribution in [3.8, 4) is 0 Å². The monoisotopic (exact) mass is 481 g/mol. The number of anilines is 1. The molecular weight excluding hydrogens is 434 g/mol. The zero-order valence-electron chi connectivity index (χ0n) is 23.0. The van der Waals surface area contributed by atoms with E-state index in [1.165, 1.54) is 28.0 Å². The van der Waals surface area contributed by atoms with E-state index in [4.69, 9.17) is 0 Å². The number of allylic oxidation sites excluding steroid dienone is 4. The van der Waals surface area contributed by atoms with Gasteiger partial charge >= 0.3 is 0 Å². The second kappa shape index (κ2) is 11.0. The average Bonchev–Trinajstić information content (AvgIpc) is 3.07. The molecule has 1 aromatic carbocycles. The summed E-state index contributed by atoms with van der Waals surface area (Å²) in [6, 6.07) is 8.86. The van der Waals surface area contributed by atoms with Gasteiger partial charge in [0.15, 0.2) is 5.78 Å². The van der Waals surface area contributed by atoms with Crippen LogP contribution in [0.5, 0.6) is 0 Å². The molecule has 4 nitrogen and oxygen atoms in total. The van der Waals surface area contributed by atoms with E-state index in [0.29, 0.717) is 25.2 Å². The number of carbonyl (C=O) groups excluding carboxylic acids is 1. The molecule has 1 saturated carbocycles. The van der Waals surface area contributed by atoms with E-state index < -0.39 is 5.60 Å². The number of hydrogen-bond donors (Lipinski definition) is 2. The van der Waals surface area contributed by atoms with Crippen LogP contribution in [0, 0.1) is 17.3 Å². The third-order valence-electron chi connectivity index (χ3n) is 9.29. The Morgan fingerprint density at radius 2 is 1.80 bits per heavy atom. The Kier molecular flexibility index (Phi) is 8.70. The SMILES string of the molecule is CCC1=CC(=O)CC/C1=C(/[C@@H](C)[C@@H]1CC[C@](O)(CCCO)C1(C)C)[C@H](C)c1ccc(N(C)C)cc1. The van der Waals surface area contributed by atoms with Gasteiger partial charge in [-0.25, -0.2) is 0 Å². The summed E-state index contributed by atoms with van der Waals surface area (Å²) in [5.41, 5.74) is 5.45. The molecule has 3 rings (SSSR count). The number of benzene rings is 1. The first-order valence-corrected chi connectivity index (χ1v) is 13.5. The molecule has 0 radical (unpaired) electrons. The van der Waals surface area contributed by atoms with Crippen LogP contribution in [0.1, 0.15) is 91.0 Å². The molecule has 2 aliphatic rings. The Balaban J connectivity index is 2.08. The van der Waals surface area contributed by atoms with Gasteiger partial charge < -0.3 is 15.1 Å². The summed E-state index contributed by atoms with van der Waals surface area (Å²) in [5.74, 6) is 1.06. The Hall–Kier alpha value is -1.91. The summed E-state index contributed by atoms with van der Waals surface area (Å²) in [4.78, 5) is 14.4. The number of nitrogens with zero attached hydrogens (tertiary/aromatic N) is 1. The van der Waals surface area contributed by atoms with Crippen molar-refractivity contribution < 1.29 is 15.0 Å². The maximum Gasteiger partial charge on any atom is 0.156 e. The van der Waals surface area contributed by atoms with Gasteiger partial charge in [0.25, 0.3) is 0 Å². The van der Waals surface area contributed by atoms with Crippen molar-refractivity contribution in [3.05, 3.63) is 52.6 Å². The van der Waals surface area contributed by atoms with Gasteiger partial charge in [-0.15, -0.1) is 0 Å². The van der Waals surface area contributed by atoms with Crippen molar-refractivity contribution >= 4 is 11.5 Å². The van der Waals surface area contributed by atoms with Gasteiger partial charge in [0.2, 0.25) is 0 Å².